The molecule has 0 aliphatic carbocycles. The van der Waals surface area contributed by atoms with Crippen molar-refractivity contribution in [1.29, 1.82) is 0 Å². The predicted molar refractivity (Wildman–Crippen MR) is 85.8 cm³/mol. The number of carbonyl (C=O) groups excluding carboxylic acids is 1. The number of carbonyl (C=O) groups is 3. The Morgan fingerprint density at radius 1 is 1.12 bits per heavy atom. The van der Waals surface area contributed by atoms with E-state index in [4.69, 9.17) is 24.2 Å². The highest BCUT2D eigenvalue weighted by Gasteiger charge is 2.26. The molecule has 1 aliphatic rings. The maximum atomic E-state index is 11.8. The van der Waals surface area contributed by atoms with E-state index in [1.54, 1.807) is 19.1 Å². The molecular weight excluding hydrogens is 356 g/mol. The SMILES string of the molecule is CCS(=O)(=O)N1CCN(CC(=O)c2ccco2)CC1.O=C(O)C(=O)O. The van der Waals surface area contributed by atoms with Gasteiger partial charge in [-0.1, -0.05) is 0 Å². The zero-order chi connectivity index (χ0) is 19.0. The minimum Gasteiger partial charge on any atom is -0.473 e. The molecule has 2 N–H and O–H groups in total. The minimum absolute atomic E-state index is 0.0724. The maximum absolute atomic E-state index is 11.8. The Balaban J connectivity index is 0.000000450. The van der Waals surface area contributed by atoms with Crippen LogP contribution in [0.2, 0.25) is 0 Å². The Morgan fingerprint density at radius 3 is 2.08 bits per heavy atom. The molecule has 0 radical (unpaired) electrons. The number of carboxylic acid groups (broad SMARTS) is 2. The van der Waals surface area contributed by atoms with Crippen LogP contribution < -0.4 is 0 Å². The summed E-state index contributed by atoms with van der Waals surface area (Å²) >= 11 is 0. The molecule has 1 aromatic rings. The Morgan fingerprint density at radius 2 is 1.68 bits per heavy atom. The first-order chi connectivity index (χ1) is 11.7. The average Bonchev–Trinajstić information content (AvgIpc) is 3.10. The second-order valence-electron chi connectivity index (χ2n) is 5.09. The summed E-state index contributed by atoms with van der Waals surface area (Å²) < 4.78 is 29.9. The van der Waals surface area contributed by atoms with Gasteiger partial charge in [0.1, 0.15) is 0 Å². The summed E-state index contributed by atoms with van der Waals surface area (Å²) in [5.74, 6) is -3.25. The highest BCUT2D eigenvalue weighted by atomic mass is 32.2. The molecule has 0 bridgehead atoms. The van der Waals surface area contributed by atoms with Crippen molar-refractivity contribution in [2.45, 2.75) is 6.92 Å². The van der Waals surface area contributed by atoms with E-state index in [9.17, 15) is 13.2 Å². The van der Waals surface area contributed by atoms with Crippen molar-refractivity contribution < 1.29 is 37.4 Å². The van der Waals surface area contributed by atoms with E-state index in [2.05, 4.69) is 0 Å². The fourth-order valence-corrected chi connectivity index (χ4v) is 3.15. The first-order valence-corrected chi connectivity index (χ1v) is 9.01. The van der Waals surface area contributed by atoms with Gasteiger partial charge in [0.2, 0.25) is 15.8 Å². The van der Waals surface area contributed by atoms with Gasteiger partial charge in [-0.15, -0.1) is 0 Å². The molecule has 1 fully saturated rings. The fraction of sp³-hybridized carbons (Fsp3) is 0.500. The van der Waals surface area contributed by atoms with Crippen LogP contribution in [-0.2, 0) is 19.6 Å². The standard InChI is InChI=1S/C12H18N2O4S.C2H2O4/c1-2-19(16,17)14-7-5-13(6-8-14)10-11(15)12-4-3-9-18-12;3-1(4)2(5)6/h3-4,9H,2,5-8,10H2,1H3;(H,3,4)(H,5,6). The van der Waals surface area contributed by atoms with Gasteiger partial charge >= 0.3 is 11.9 Å². The molecule has 1 aliphatic heterocycles. The van der Waals surface area contributed by atoms with Crippen LogP contribution in [0.1, 0.15) is 17.5 Å². The van der Waals surface area contributed by atoms with Gasteiger partial charge in [0.15, 0.2) is 5.76 Å². The Labute approximate surface area is 144 Å². The molecule has 0 saturated carbocycles. The molecule has 25 heavy (non-hydrogen) atoms. The first-order valence-electron chi connectivity index (χ1n) is 7.40. The maximum Gasteiger partial charge on any atom is 0.414 e. The van der Waals surface area contributed by atoms with Crippen molar-refractivity contribution in [2.24, 2.45) is 0 Å². The monoisotopic (exact) mass is 376 g/mol. The summed E-state index contributed by atoms with van der Waals surface area (Å²) in [7, 11) is -3.11. The molecule has 1 saturated heterocycles. The molecule has 2 heterocycles. The quantitative estimate of drug-likeness (QED) is 0.517. The Kier molecular flexibility index (Phi) is 7.74. The second-order valence-corrected chi connectivity index (χ2v) is 7.34. The van der Waals surface area contributed by atoms with Crippen LogP contribution in [0.5, 0.6) is 0 Å². The number of Topliss-reactive ketones (excluding diaryl/α,β-unsaturated/α-hetero) is 1. The molecular formula is C14H20N2O8S. The summed E-state index contributed by atoms with van der Waals surface area (Å²) in [4.78, 5) is 32.0. The molecule has 0 aromatic carbocycles. The molecule has 10 nitrogen and oxygen atoms in total. The third-order valence-corrected chi connectivity index (χ3v) is 5.32. The van der Waals surface area contributed by atoms with Gasteiger partial charge in [-0.05, 0) is 19.1 Å². The minimum atomic E-state index is -3.11. The van der Waals surface area contributed by atoms with Crippen LogP contribution in [0, 0.1) is 0 Å². The topological polar surface area (TPSA) is 145 Å². The molecule has 0 atom stereocenters. The highest BCUT2D eigenvalue weighted by molar-refractivity contribution is 7.89. The predicted octanol–water partition coefficient (Wildman–Crippen LogP) is -0.415. The summed E-state index contributed by atoms with van der Waals surface area (Å²) in [5, 5.41) is 14.8. The van der Waals surface area contributed by atoms with Crippen LogP contribution >= 0.6 is 0 Å². The number of sulfonamides is 1. The number of aliphatic carboxylic acids is 2. The van der Waals surface area contributed by atoms with Crippen LogP contribution in [0.3, 0.4) is 0 Å². The normalized spacial score (nSPS) is 15.9. The largest absolute Gasteiger partial charge is 0.473 e. The number of nitrogens with zero attached hydrogens (tertiary/aromatic N) is 2. The number of hydrogen-bond donors (Lipinski definition) is 2. The van der Waals surface area contributed by atoms with E-state index in [1.807, 2.05) is 4.90 Å². The van der Waals surface area contributed by atoms with E-state index in [0.717, 1.165) is 0 Å². The number of piperazine rings is 1. The third kappa shape index (κ3) is 6.64. The molecule has 11 heteroatoms. The van der Waals surface area contributed by atoms with Crippen LogP contribution in [-0.4, -0.2) is 84.0 Å². The molecule has 0 spiro atoms. The molecule has 0 amide bonds. The van der Waals surface area contributed by atoms with Crippen molar-refractivity contribution in [2.75, 3.05) is 38.5 Å². The van der Waals surface area contributed by atoms with Crippen molar-refractivity contribution in [3.05, 3.63) is 24.2 Å². The number of furan rings is 1. The van der Waals surface area contributed by atoms with Crippen molar-refractivity contribution in [1.82, 2.24) is 9.21 Å². The summed E-state index contributed by atoms with van der Waals surface area (Å²) in [6.45, 7) is 3.95. The fourth-order valence-electron chi connectivity index (χ4n) is 2.07. The van der Waals surface area contributed by atoms with Gasteiger partial charge in [0, 0.05) is 26.2 Å². The first kappa shape index (κ1) is 20.8. The van der Waals surface area contributed by atoms with Gasteiger partial charge in [0.25, 0.3) is 0 Å². The van der Waals surface area contributed by atoms with E-state index in [0.29, 0.717) is 31.9 Å². The number of rotatable bonds is 5. The van der Waals surface area contributed by atoms with Gasteiger partial charge in [-0.2, -0.15) is 4.31 Å². The smallest absolute Gasteiger partial charge is 0.414 e. The Bertz CT molecular complexity index is 678. The average molecular weight is 376 g/mol. The van der Waals surface area contributed by atoms with Crippen molar-refractivity contribution in [3.8, 4) is 0 Å². The number of ketones is 1. The number of carboxylic acids is 2. The Hall–Kier alpha value is -2.24. The summed E-state index contributed by atoms with van der Waals surface area (Å²) in [6.07, 6.45) is 1.47. The van der Waals surface area contributed by atoms with E-state index in [1.165, 1.54) is 10.6 Å². The second kappa shape index (κ2) is 9.30. The van der Waals surface area contributed by atoms with Crippen molar-refractivity contribution in [3.63, 3.8) is 0 Å². The van der Waals surface area contributed by atoms with Gasteiger partial charge in [-0.3, -0.25) is 9.69 Å². The lowest BCUT2D eigenvalue weighted by Gasteiger charge is -2.33. The zero-order valence-corrected chi connectivity index (χ0v) is 14.4. The summed E-state index contributed by atoms with van der Waals surface area (Å²) in [5.41, 5.74) is 0. The lowest BCUT2D eigenvalue weighted by Crippen LogP contribution is -2.50. The molecule has 0 unspecified atom stereocenters. The summed E-state index contributed by atoms with van der Waals surface area (Å²) in [6, 6.07) is 3.32. The third-order valence-electron chi connectivity index (χ3n) is 3.44. The lowest BCUT2D eigenvalue weighted by atomic mass is 10.2. The van der Waals surface area contributed by atoms with Crippen LogP contribution in [0.15, 0.2) is 22.8 Å². The van der Waals surface area contributed by atoms with Crippen molar-refractivity contribution >= 4 is 27.7 Å². The van der Waals surface area contributed by atoms with Gasteiger partial charge in [-0.25, -0.2) is 18.0 Å². The molecule has 1 aromatic heterocycles. The molecule has 140 valence electrons. The van der Waals surface area contributed by atoms with Crippen LogP contribution in [0.25, 0.3) is 0 Å². The van der Waals surface area contributed by atoms with Gasteiger partial charge < -0.3 is 14.6 Å². The molecule has 2 rings (SSSR count). The zero-order valence-electron chi connectivity index (χ0n) is 13.6. The van der Waals surface area contributed by atoms with E-state index < -0.39 is 22.0 Å². The van der Waals surface area contributed by atoms with Crippen LogP contribution in [0.4, 0.5) is 0 Å². The van der Waals surface area contributed by atoms with E-state index >= 15 is 0 Å². The lowest BCUT2D eigenvalue weighted by molar-refractivity contribution is -0.159. The van der Waals surface area contributed by atoms with Gasteiger partial charge in [0.05, 0.1) is 18.6 Å². The van der Waals surface area contributed by atoms with E-state index in [-0.39, 0.29) is 18.1 Å². The highest BCUT2D eigenvalue weighted by Crippen LogP contribution is 2.09. The number of hydrogen-bond acceptors (Lipinski definition) is 7.